The van der Waals surface area contributed by atoms with Crippen LogP contribution in [0.15, 0.2) is 76.2 Å². The molecule has 0 aliphatic heterocycles. The molecule has 182 valence electrons. The van der Waals surface area contributed by atoms with E-state index in [4.69, 9.17) is 9.47 Å². The molecular formula is C28H26BrN5O2. The van der Waals surface area contributed by atoms with Crippen LogP contribution in [0.3, 0.4) is 0 Å². The molecule has 0 aliphatic rings. The van der Waals surface area contributed by atoms with E-state index in [0.717, 1.165) is 44.5 Å². The Hall–Kier alpha value is -4.04. The Bertz CT molecular complexity index is 1500. The summed E-state index contributed by atoms with van der Waals surface area (Å²) in [5, 5.41) is 0.732. The first kappa shape index (κ1) is 25.1. The van der Waals surface area contributed by atoms with E-state index in [-0.39, 0.29) is 6.01 Å². The van der Waals surface area contributed by atoms with Crippen molar-refractivity contribution in [2.75, 3.05) is 0 Å². The number of ether oxygens (including phenoxy) is 2. The first-order valence-corrected chi connectivity index (χ1v) is 12.2. The van der Waals surface area contributed by atoms with Gasteiger partial charge in [0.2, 0.25) is 5.88 Å². The third kappa shape index (κ3) is 5.44. The molecular weight excluding hydrogens is 518 g/mol. The van der Waals surface area contributed by atoms with Crippen molar-refractivity contribution >= 4 is 50.8 Å². The van der Waals surface area contributed by atoms with Crippen LogP contribution in [0, 0.1) is 13.8 Å². The molecule has 0 saturated carbocycles. The van der Waals surface area contributed by atoms with E-state index in [0.29, 0.717) is 23.0 Å². The number of H-pyrrole nitrogens is 1. The van der Waals surface area contributed by atoms with Crippen LogP contribution in [-0.2, 0) is 6.42 Å². The number of aromatic amines is 1. The highest BCUT2D eigenvalue weighted by atomic mass is 79.9. The van der Waals surface area contributed by atoms with Gasteiger partial charge in [-0.05, 0) is 59.5 Å². The van der Waals surface area contributed by atoms with E-state index in [1.54, 1.807) is 24.6 Å². The predicted octanol–water partition coefficient (Wildman–Crippen LogP) is 8.26. The number of aryl methyl sites for hydroxylation is 3. The molecule has 2 aromatic heterocycles. The lowest BCUT2D eigenvalue weighted by atomic mass is 10.2. The standard InChI is InChI=1S/C28H26BrN5O2/c1-6-13-30-22-15-19(11-9-17(22)4)35-27-24-25(29)21(8-3)32-26(24)33-28(34-27)36-20-12-10-18(5)23(16-20)31-14-7-2/h6-7,9-16H,1-2,8H2,3-5H3,(H,32,33,34)/b30-13-,31-14-. The molecule has 2 heterocycles. The zero-order valence-corrected chi connectivity index (χ0v) is 22.0. The number of nitrogens with one attached hydrogen (secondary N) is 1. The topological polar surface area (TPSA) is 84.8 Å². The first-order valence-electron chi connectivity index (χ1n) is 11.4. The number of aliphatic imine (C=N–C) groups is 2. The minimum atomic E-state index is 0.147. The third-order valence-corrected chi connectivity index (χ3v) is 6.26. The van der Waals surface area contributed by atoms with Gasteiger partial charge in [-0.3, -0.25) is 9.98 Å². The quantitative estimate of drug-likeness (QED) is 0.215. The number of aromatic nitrogens is 3. The second-order valence-corrected chi connectivity index (χ2v) is 8.73. The normalized spacial score (nSPS) is 11.4. The summed E-state index contributed by atoms with van der Waals surface area (Å²) < 4.78 is 13.2. The van der Waals surface area contributed by atoms with Gasteiger partial charge >= 0.3 is 6.01 Å². The molecule has 36 heavy (non-hydrogen) atoms. The first-order chi connectivity index (χ1) is 17.4. The second kappa shape index (κ2) is 11.1. The lowest BCUT2D eigenvalue weighted by molar-refractivity contribution is 0.417. The minimum Gasteiger partial charge on any atom is -0.438 e. The lowest BCUT2D eigenvalue weighted by Gasteiger charge is -2.11. The molecule has 0 saturated heterocycles. The van der Waals surface area contributed by atoms with E-state index in [9.17, 15) is 0 Å². The van der Waals surface area contributed by atoms with Crippen LogP contribution in [0.5, 0.6) is 23.4 Å². The van der Waals surface area contributed by atoms with Crippen molar-refractivity contribution in [2.45, 2.75) is 27.2 Å². The lowest BCUT2D eigenvalue weighted by Crippen LogP contribution is -1.97. The van der Waals surface area contributed by atoms with Crippen molar-refractivity contribution in [1.82, 2.24) is 15.0 Å². The molecule has 7 nitrogen and oxygen atoms in total. The van der Waals surface area contributed by atoms with E-state index in [1.807, 2.05) is 50.2 Å². The second-order valence-electron chi connectivity index (χ2n) is 7.93. The monoisotopic (exact) mass is 543 g/mol. The smallest absolute Gasteiger partial charge is 0.327 e. The maximum atomic E-state index is 6.26. The number of fused-ring (bicyclic) bond motifs is 1. The number of benzene rings is 2. The zero-order chi connectivity index (χ0) is 25.7. The molecule has 2 aromatic carbocycles. The van der Waals surface area contributed by atoms with Crippen LogP contribution in [0.25, 0.3) is 11.0 Å². The molecule has 0 radical (unpaired) electrons. The molecule has 0 spiro atoms. The average molecular weight is 544 g/mol. The van der Waals surface area contributed by atoms with Crippen LogP contribution in [0.2, 0.25) is 0 Å². The number of hydrogen-bond donors (Lipinski definition) is 1. The maximum absolute atomic E-state index is 6.26. The summed E-state index contributed by atoms with van der Waals surface area (Å²) in [5.74, 6) is 1.50. The van der Waals surface area contributed by atoms with Crippen LogP contribution < -0.4 is 9.47 Å². The summed E-state index contributed by atoms with van der Waals surface area (Å²) >= 11 is 3.68. The number of nitrogens with zero attached hydrogens (tertiary/aromatic N) is 4. The molecule has 0 amide bonds. The highest BCUT2D eigenvalue weighted by molar-refractivity contribution is 9.10. The summed E-state index contributed by atoms with van der Waals surface area (Å²) in [4.78, 5) is 21.4. The zero-order valence-electron chi connectivity index (χ0n) is 20.4. The largest absolute Gasteiger partial charge is 0.438 e. The third-order valence-electron chi connectivity index (χ3n) is 5.39. The van der Waals surface area contributed by atoms with Crippen molar-refractivity contribution in [3.05, 3.63) is 83.0 Å². The van der Waals surface area contributed by atoms with Gasteiger partial charge in [-0.1, -0.05) is 44.4 Å². The minimum absolute atomic E-state index is 0.147. The van der Waals surface area contributed by atoms with E-state index >= 15 is 0 Å². The highest BCUT2D eigenvalue weighted by Gasteiger charge is 2.19. The summed E-state index contributed by atoms with van der Waals surface area (Å²) in [7, 11) is 0. The van der Waals surface area contributed by atoms with Gasteiger partial charge in [0.15, 0.2) is 0 Å². The summed E-state index contributed by atoms with van der Waals surface area (Å²) in [6.07, 6.45) is 7.32. The average Bonchev–Trinajstić information content (AvgIpc) is 3.20. The molecule has 4 aromatic rings. The Balaban J connectivity index is 1.77. The van der Waals surface area contributed by atoms with Crippen LogP contribution in [0.1, 0.15) is 23.7 Å². The van der Waals surface area contributed by atoms with Gasteiger partial charge in [0, 0.05) is 30.3 Å². The molecule has 8 heteroatoms. The Kier molecular flexibility index (Phi) is 7.75. The molecule has 1 N–H and O–H groups in total. The summed E-state index contributed by atoms with van der Waals surface area (Å²) in [5.41, 5.74) is 5.17. The van der Waals surface area contributed by atoms with Crippen molar-refractivity contribution in [1.29, 1.82) is 0 Å². The van der Waals surface area contributed by atoms with E-state index in [2.05, 4.69) is 60.9 Å². The van der Waals surface area contributed by atoms with Gasteiger partial charge in [-0.25, -0.2) is 0 Å². The van der Waals surface area contributed by atoms with Crippen molar-refractivity contribution in [3.63, 3.8) is 0 Å². The van der Waals surface area contributed by atoms with Gasteiger partial charge in [-0.2, -0.15) is 9.97 Å². The van der Waals surface area contributed by atoms with Crippen molar-refractivity contribution < 1.29 is 9.47 Å². The van der Waals surface area contributed by atoms with Gasteiger partial charge in [-0.15, -0.1) is 0 Å². The Morgan fingerprint density at radius 2 is 1.50 bits per heavy atom. The van der Waals surface area contributed by atoms with E-state index < -0.39 is 0 Å². The Morgan fingerprint density at radius 1 is 0.917 bits per heavy atom. The van der Waals surface area contributed by atoms with Crippen LogP contribution in [-0.4, -0.2) is 27.4 Å². The predicted molar refractivity (Wildman–Crippen MR) is 150 cm³/mol. The van der Waals surface area contributed by atoms with Crippen LogP contribution >= 0.6 is 15.9 Å². The Labute approximate surface area is 218 Å². The summed E-state index contributed by atoms with van der Waals surface area (Å²) in [6.45, 7) is 13.4. The fourth-order valence-corrected chi connectivity index (χ4v) is 4.22. The maximum Gasteiger partial charge on any atom is 0.327 e. The number of halogens is 1. The fourth-order valence-electron chi connectivity index (χ4n) is 3.49. The number of hydrogen-bond acceptors (Lipinski definition) is 6. The molecule has 0 aliphatic carbocycles. The molecule has 0 bridgehead atoms. The van der Waals surface area contributed by atoms with Crippen LogP contribution in [0.4, 0.5) is 11.4 Å². The van der Waals surface area contributed by atoms with Gasteiger partial charge in [0.05, 0.1) is 21.2 Å². The summed E-state index contributed by atoms with van der Waals surface area (Å²) in [6, 6.07) is 11.4. The molecule has 4 rings (SSSR count). The number of allylic oxidation sites excluding steroid dienone is 2. The Morgan fingerprint density at radius 3 is 2.06 bits per heavy atom. The fraction of sp³-hybridized carbons (Fsp3) is 0.143. The highest BCUT2D eigenvalue weighted by Crippen LogP contribution is 2.38. The van der Waals surface area contributed by atoms with E-state index in [1.165, 1.54) is 0 Å². The van der Waals surface area contributed by atoms with Gasteiger partial charge < -0.3 is 14.5 Å². The van der Waals surface area contributed by atoms with Gasteiger partial charge in [0.25, 0.3) is 0 Å². The number of rotatable bonds is 9. The van der Waals surface area contributed by atoms with Gasteiger partial charge in [0.1, 0.15) is 17.1 Å². The SMILES string of the molecule is C=C/C=N\c1cc(Oc2nc(Oc3ccc(C)c(/N=C\C=C)c3)c3c(Br)c(CC)[nH]c3n2)ccc1C. The van der Waals surface area contributed by atoms with Crippen molar-refractivity contribution in [2.24, 2.45) is 9.98 Å². The molecule has 0 fully saturated rings. The molecule has 0 atom stereocenters. The molecule has 0 unspecified atom stereocenters. The van der Waals surface area contributed by atoms with Crippen molar-refractivity contribution in [3.8, 4) is 23.4 Å².